The van der Waals surface area contributed by atoms with Gasteiger partial charge in [0.2, 0.25) is 0 Å². The lowest BCUT2D eigenvalue weighted by Gasteiger charge is -2.12. The van der Waals surface area contributed by atoms with Crippen LogP contribution in [0.5, 0.6) is 11.5 Å². The topological polar surface area (TPSA) is 35.5 Å². The summed E-state index contributed by atoms with van der Waals surface area (Å²) >= 11 is 9.54. The van der Waals surface area contributed by atoms with Crippen molar-refractivity contribution in [2.75, 3.05) is 14.2 Å². The maximum Gasteiger partial charge on any atom is 0.171 e. The molecule has 0 unspecified atom stereocenters. The van der Waals surface area contributed by atoms with Crippen LogP contribution in [0, 0.1) is 0 Å². The molecule has 0 aliphatic heterocycles. The molecule has 21 heavy (non-hydrogen) atoms. The maximum absolute atomic E-state index is 12.4. The minimum absolute atomic E-state index is 0.0567. The molecule has 0 N–H and O–H groups in total. The lowest BCUT2D eigenvalue weighted by atomic mass is 10.0. The molecule has 0 fully saturated rings. The van der Waals surface area contributed by atoms with Crippen LogP contribution in [-0.2, 0) is 6.42 Å². The molecule has 0 spiro atoms. The molecule has 0 aliphatic carbocycles. The molecule has 2 aromatic rings. The van der Waals surface area contributed by atoms with Crippen molar-refractivity contribution >= 4 is 33.3 Å². The molecule has 0 radical (unpaired) electrons. The number of Topliss-reactive ketones (excluding diaryl/α,β-unsaturated/α-hetero) is 1. The smallest absolute Gasteiger partial charge is 0.171 e. The molecule has 0 aliphatic rings. The largest absolute Gasteiger partial charge is 0.495 e. The standard InChI is InChI=1S/C16H14BrClO3/c1-20-14-8-7-12(16(21-2)15(14)18)13(19)9-10-3-5-11(17)6-4-10/h3-8H,9H2,1-2H3. The normalized spacial score (nSPS) is 10.3. The van der Waals surface area contributed by atoms with Crippen molar-refractivity contribution in [3.8, 4) is 11.5 Å². The van der Waals surface area contributed by atoms with E-state index in [1.165, 1.54) is 14.2 Å². The van der Waals surface area contributed by atoms with E-state index < -0.39 is 0 Å². The first-order valence-corrected chi connectivity index (χ1v) is 7.42. The van der Waals surface area contributed by atoms with Crippen molar-refractivity contribution in [3.63, 3.8) is 0 Å². The molecule has 0 saturated heterocycles. The number of ether oxygens (including phenoxy) is 2. The molecule has 0 bridgehead atoms. The monoisotopic (exact) mass is 368 g/mol. The van der Waals surface area contributed by atoms with Crippen molar-refractivity contribution in [2.24, 2.45) is 0 Å². The van der Waals surface area contributed by atoms with Gasteiger partial charge in [-0.25, -0.2) is 0 Å². The molecule has 5 heteroatoms. The van der Waals surface area contributed by atoms with Crippen molar-refractivity contribution < 1.29 is 14.3 Å². The summed E-state index contributed by atoms with van der Waals surface area (Å²) in [5.41, 5.74) is 1.38. The van der Waals surface area contributed by atoms with Gasteiger partial charge in [0.25, 0.3) is 0 Å². The fraction of sp³-hybridized carbons (Fsp3) is 0.188. The van der Waals surface area contributed by atoms with Gasteiger partial charge in [-0.05, 0) is 29.8 Å². The Morgan fingerprint density at radius 3 is 2.33 bits per heavy atom. The summed E-state index contributed by atoms with van der Waals surface area (Å²) in [4.78, 5) is 12.4. The summed E-state index contributed by atoms with van der Waals surface area (Å²) in [5, 5.41) is 0.307. The van der Waals surface area contributed by atoms with E-state index >= 15 is 0 Å². The van der Waals surface area contributed by atoms with Gasteiger partial charge in [-0.15, -0.1) is 0 Å². The Labute approximate surface area is 137 Å². The number of hydrogen-bond acceptors (Lipinski definition) is 3. The Morgan fingerprint density at radius 2 is 1.76 bits per heavy atom. The molecule has 3 nitrogen and oxygen atoms in total. The lowest BCUT2D eigenvalue weighted by molar-refractivity contribution is 0.0990. The van der Waals surface area contributed by atoms with Crippen molar-refractivity contribution in [3.05, 3.63) is 57.0 Å². The second-order valence-corrected chi connectivity index (χ2v) is 5.68. The lowest BCUT2D eigenvalue weighted by Crippen LogP contribution is -2.06. The first kappa shape index (κ1) is 15.9. The zero-order valence-corrected chi connectivity index (χ0v) is 14.0. The van der Waals surface area contributed by atoms with Gasteiger partial charge in [-0.2, -0.15) is 0 Å². The predicted octanol–water partition coefficient (Wildman–Crippen LogP) is 4.55. The SMILES string of the molecule is COc1ccc(C(=O)Cc2ccc(Br)cc2)c(OC)c1Cl. The van der Waals surface area contributed by atoms with Gasteiger partial charge in [0.05, 0.1) is 19.8 Å². The average molecular weight is 370 g/mol. The fourth-order valence-corrected chi connectivity index (χ4v) is 2.58. The number of hydrogen-bond donors (Lipinski definition) is 0. The van der Waals surface area contributed by atoms with E-state index in [2.05, 4.69) is 15.9 Å². The van der Waals surface area contributed by atoms with Crippen LogP contribution < -0.4 is 9.47 Å². The van der Waals surface area contributed by atoms with E-state index in [-0.39, 0.29) is 12.2 Å². The maximum atomic E-state index is 12.4. The van der Waals surface area contributed by atoms with Gasteiger partial charge in [0.15, 0.2) is 11.5 Å². The number of carbonyl (C=O) groups excluding carboxylic acids is 1. The van der Waals surface area contributed by atoms with Crippen LogP contribution in [0.25, 0.3) is 0 Å². The Bertz CT molecular complexity index is 653. The van der Waals surface area contributed by atoms with E-state index in [1.54, 1.807) is 12.1 Å². The third kappa shape index (κ3) is 3.57. The Morgan fingerprint density at radius 1 is 1.10 bits per heavy atom. The summed E-state index contributed by atoms with van der Waals surface area (Å²) in [6.45, 7) is 0. The van der Waals surface area contributed by atoms with Crippen LogP contribution in [0.4, 0.5) is 0 Å². The highest BCUT2D eigenvalue weighted by Gasteiger charge is 2.18. The minimum atomic E-state index is -0.0567. The zero-order chi connectivity index (χ0) is 15.4. The Balaban J connectivity index is 2.30. The van der Waals surface area contributed by atoms with Crippen LogP contribution in [0.3, 0.4) is 0 Å². The number of carbonyl (C=O) groups is 1. The van der Waals surface area contributed by atoms with Gasteiger partial charge >= 0.3 is 0 Å². The predicted molar refractivity (Wildman–Crippen MR) is 86.7 cm³/mol. The highest BCUT2D eigenvalue weighted by atomic mass is 79.9. The van der Waals surface area contributed by atoms with E-state index in [0.29, 0.717) is 22.1 Å². The van der Waals surface area contributed by atoms with E-state index in [9.17, 15) is 4.79 Å². The summed E-state index contributed by atoms with van der Waals surface area (Å²) < 4.78 is 11.4. The highest BCUT2D eigenvalue weighted by molar-refractivity contribution is 9.10. The van der Waals surface area contributed by atoms with Crippen LogP contribution in [0.1, 0.15) is 15.9 Å². The quantitative estimate of drug-likeness (QED) is 0.726. The molecular formula is C16H14BrClO3. The number of methoxy groups -OCH3 is 2. The third-order valence-electron chi connectivity index (χ3n) is 3.06. The van der Waals surface area contributed by atoms with Crippen molar-refractivity contribution in [1.82, 2.24) is 0 Å². The van der Waals surface area contributed by atoms with Gasteiger partial charge in [-0.3, -0.25) is 4.79 Å². The van der Waals surface area contributed by atoms with E-state index in [4.69, 9.17) is 21.1 Å². The average Bonchev–Trinajstić information content (AvgIpc) is 2.49. The van der Waals surface area contributed by atoms with Gasteiger partial charge < -0.3 is 9.47 Å². The summed E-state index contributed by atoms with van der Waals surface area (Å²) in [5.74, 6) is 0.769. The van der Waals surface area contributed by atoms with Crippen LogP contribution >= 0.6 is 27.5 Å². The third-order valence-corrected chi connectivity index (χ3v) is 3.95. The second kappa shape index (κ2) is 6.96. The molecule has 0 atom stereocenters. The highest BCUT2D eigenvalue weighted by Crippen LogP contribution is 2.37. The summed E-state index contributed by atoms with van der Waals surface area (Å²) in [6.07, 6.45) is 0.284. The van der Waals surface area contributed by atoms with Crippen LogP contribution in [0.2, 0.25) is 5.02 Å². The molecular weight excluding hydrogens is 356 g/mol. The van der Waals surface area contributed by atoms with Gasteiger partial charge in [0.1, 0.15) is 10.8 Å². The van der Waals surface area contributed by atoms with E-state index in [0.717, 1.165) is 10.0 Å². The molecule has 0 heterocycles. The molecule has 110 valence electrons. The van der Waals surface area contributed by atoms with Gasteiger partial charge in [0, 0.05) is 10.9 Å². The van der Waals surface area contributed by atoms with Crippen molar-refractivity contribution in [1.29, 1.82) is 0 Å². The molecule has 0 aromatic heterocycles. The molecule has 2 rings (SSSR count). The molecule has 2 aromatic carbocycles. The second-order valence-electron chi connectivity index (χ2n) is 4.39. The summed E-state index contributed by atoms with van der Waals surface area (Å²) in [7, 11) is 3.00. The molecule has 0 amide bonds. The Hall–Kier alpha value is -1.52. The first-order valence-electron chi connectivity index (χ1n) is 6.25. The number of benzene rings is 2. The fourth-order valence-electron chi connectivity index (χ4n) is 2.00. The number of rotatable bonds is 5. The Kier molecular flexibility index (Phi) is 5.26. The summed E-state index contributed by atoms with van der Waals surface area (Å²) in [6, 6.07) is 10.9. The number of ketones is 1. The molecule has 0 saturated carbocycles. The first-order chi connectivity index (χ1) is 10.1. The van der Waals surface area contributed by atoms with E-state index in [1.807, 2.05) is 24.3 Å². The number of halogens is 2. The van der Waals surface area contributed by atoms with Crippen LogP contribution in [0.15, 0.2) is 40.9 Å². The van der Waals surface area contributed by atoms with Crippen molar-refractivity contribution in [2.45, 2.75) is 6.42 Å². The van der Waals surface area contributed by atoms with Gasteiger partial charge in [-0.1, -0.05) is 39.7 Å². The van der Waals surface area contributed by atoms with Crippen LogP contribution in [-0.4, -0.2) is 20.0 Å². The zero-order valence-electron chi connectivity index (χ0n) is 11.7. The minimum Gasteiger partial charge on any atom is -0.495 e.